The number of aliphatic carboxylic acids is 1. The van der Waals surface area contributed by atoms with Gasteiger partial charge >= 0.3 is 12.1 Å². The Morgan fingerprint density at radius 1 is 1.19 bits per heavy atom. The molecule has 32 heavy (non-hydrogen) atoms. The van der Waals surface area contributed by atoms with E-state index in [4.69, 9.17) is 21.5 Å². The van der Waals surface area contributed by atoms with Crippen LogP contribution in [0, 0.1) is 6.92 Å². The molecule has 3 aromatic rings. The number of aryl methyl sites for hydroxylation is 1. The Bertz CT molecular complexity index is 1160. The second-order valence-corrected chi connectivity index (χ2v) is 6.74. The number of carboxylic acid groups (broad SMARTS) is 1. The molecule has 2 heterocycles. The van der Waals surface area contributed by atoms with Gasteiger partial charge in [0.1, 0.15) is 5.56 Å². The maximum atomic E-state index is 12.4. The van der Waals surface area contributed by atoms with Crippen molar-refractivity contribution in [1.82, 2.24) is 20.5 Å². The average Bonchev–Trinajstić information content (AvgIpc) is 2.74. The molecule has 3 rings (SSSR count). The standard InChI is InChI=1S/C18H15ClN4O2.C2HF3O2/c1-11-9-20-7-6-14(11)16-8-15(18(25)23-22-16)17(24)21-10-12-2-4-13(19)5-3-12;3-2(4,5)1(6)7/h2-9H,10H2,1H3,(H,21,24)(H,23,25);(H,6,7). The van der Waals surface area contributed by atoms with Crippen LogP contribution in [0.25, 0.3) is 11.3 Å². The van der Waals surface area contributed by atoms with Crippen LogP contribution in [0.3, 0.4) is 0 Å². The number of carbonyl (C=O) groups is 2. The first-order valence-electron chi connectivity index (χ1n) is 8.82. The summed E-state index contributed by atoms with van der Waals surface area (Å²) >= 11 is 5.84. The smallest absolute Gasteiger partial charge is 0.475 e. The first-order valence-corrected chi connectivity index (χ1v) is 9.20. The van der Waals surface area contributed by atoms with Crippen LogP contribution in [0.4, 0.5) is 13.2 Å². The molecule has 12 heteroatoms. The van der Waals surface area contributed by atoms with Crippen LogP contribution in [-0.2, 0) is 11.3 Å². The van der Waals surface area contributed by atoms with Crippen molar-refractivity contribution in [2.45, 2.75) is 19.6 Å². The average molecular weight is 469 g/mol. The summed E-state index contributed by atoms with van der Waals surface area (Å²) < 4.78 is 31.7. The summed E-state index contributed by atoms with van der Waals surface area (Å²) in [6.45, 7) is 2.18. The number of nitrogens with one attached hydrogen (secondary N) is 2. The summed E-state index contributed by atoms with van der Waals surface area (Å²) in [5.74, 6) is -3.22. The van der Waals surface area contributed by atoms with Crippen molar-refractivity contribution in [2.75, 3.05) is 0 Å². The number of hydrogen-bond acceptors (Lipinski definition) is 5. The van der Waals surface area contributed by atoms with Crippen LogP contribution in [0.2, 0.25) is 5.02 Å². The molecule has 0 bridgehead atoms. The first kappa shape index (κ1) is 24.5. The molecule has 0 aliphatic carbocycles. The lowest BCUT2D eigenvalue weighted by molar-refractivity contribution is -0.192. The van der Waals surface area contributed by atoms with Gasteiger partial charge < -0.3 is 10.4 Å². The lowest BCUT2D eigenvalue weighted by Crippen LogP contribution is -2.29. The molecule has 0 aliphatic heterocycles. The number of benzene rings is 1. The van der Waals surface area contributed by atoms with E-state index in [1.165, 1.54) is 6.07 Å². The van der Waals surface area contributed by atoms with Gasteiger partial charge in [0, 0.05) is 29.5 Å². The van der Waals surface area contributed by atoms with Crippen molar-refractivity contribution in [2.24, 2.45) is 0 Å². The zero-order chi connectivity index (χ0) is 23.9. The van der Waals surface area contributed by atoms with E-state index < -0.39 is 23.6 Å². The fourth-order valence-electron chi connectivity index (χ4n) is 2.35. The zero-order valence-electron chi connectivity index (χ0n) is 16.4. The summed E-state index contributed by atoms with van der Waals surface area (Å²) in [5.41, 5.74) is 2.57. The molecular formula is C20H16ClF3N4O4. The van der Waals surface area contributed by atoms with Gasteiger partial charge in [0.2, 0.25) is 0 Å². The molecule has 0 saturated heterocycles. The highest BCUT2D eigenvalue weighted by molar-refractivity contribution is 6.30. The number of aromatic nitrogens is 3. The molecule has 0 atom stereocenters. The largest absolute Gasteiger partial charge is 0.490 e. The maximum Gasteiger partial charge on any atom is 0.490 e. The quantitative estimate of drug-likeness (QED) is 0.539. The van der Waals surface area contributed by atoms with E-state index in [9.17, 15) is 22.8 Å². The van der Waals surface area contributed by atoms with E-state index >= 15 is 0 Å². The minimum Gasteiger partial charge on any atom is -0.475 e. The molecule has 3 N–H and O–H groups in total. The third kappa shape index (κ3) is 6.91. The molecule has 0 fully saturated rings. The molecule has 0 aliphatic rings. The van der Waals surface area contributed by atoms with Gasteiger partial charge in [0.25, 0.3) is 11.5 Å². The molecule has 8 nitrogen and oxygen atoms in total. The minimum atomic E-state index is -5.08. The number of halogens is 4. The highest BCUT2D eigenvalue weighted by Crippen LogP contribution is 2.19. The summed E-state index contributed by atoms with van der Waals surface area (Å²) in [6.07, 6.45) is -1.75. The lowest BCUT2D eigenvalue weighted by Gasteiger charge is -2.07. The van der Waals surface area contributed by atoms with Crippen molar-refractivity contribution in [1.29, 1.82) is 0 Å². The van der Waals surface area contributed by atoms with Gasteiger partial charge in [0.15, 0.2) is 0 Å². The van der Waals surface area contributed by atoms with Gasteiger partial charge in [-0.15, -0.1) is 0 Å². The number of alkyl halides is 3. The zero-order valence-corrected chi connectivity index (χ0v) is 17.2. The Labute approximate surface area is 184 Å². The number of nitrogens with zero attached hydrogens (tertiary/aromatic N) is 2. The Hall–Kier alpha value is -3.73. The molecule has 1 amide bonds. The van der Waals surface area contributed by atoms with E-state index in [0.717, 1.165) is 16.7 Å². The van der Waals surface area contributed by atoms with Crippen LogP contribution in [-0.4, -0.2) is 38.3 Å². The topological polar surface area (TPSA) is 125 Å². The van der Waals surface area contributed by atoms with Gasteiger partial charge in [-0.3, -0.25) is 14.6 Å². The Balaban J connectivity index is 0.000000451. The van der Waals surface area contributed by atoms with Crippen LogP contribution in [0.15, 0.2) is 53.6 Å². The molecule has 2 aromatic heterocycles. The lowest BCUT2D eigenvalue weighted by atomic mass is 10.1. The first-order chi connectivity index (χ1) is 15.0. The van der Waals surface area contributed by atoms with E-state index in [2.05, 4.69) is 20.5 Å². The molecule has 0 radical (unpaired) electrons. The van der Waals surface area contributed by atoms with E-state index in [-0.39, 0.29) is 5.56 Å². The third-order valence-electron chi connectivity index (χ3n) is 3.95. The number of amides is 1. The minimum absolute atomic E-state index is 0.00942. The number of aromatic amines is 1. The highest BCUT2D eigenvalue weighted by Gasteiger charge is 2.38. The van der Waals surface area contributed by atoms with E-state index in [1.54, 1.807) is 30.6 Å². The highest BCUT2D eigenvalue weighted by atomic mass is 35.5. The molecule has 168 valence electrons. The van der Waals surface area contributed by atoms with Crippen LogP contribution in [0.5, 0.6) is 0 Å². The van der Waals surface area contributed by atoms with E-state index in [1.807, 2.05) is 19.1 Å². The summed E-state index contributed by atoms with van der Waals surface area (Å²) in [7, 11) is 0. The van der Waals surface area contributed by atoms with Crippen molar-refractivity contribution >= 4 is 23.5 Å². The second-order valence-electron chi connectivity index (χ2n) is 6.30. The predicted molar refractivity (Wildman–Crippen MR) is 109 cm³/mol. The number of rotatable bonds is 4. The van der Waals surface area contributed by atoms with Crippen molar-refractivity contribution in [3.8, 4) is 11.3 Å². The predicted octanol–water partition coefficient (Wildman–Crippen LogP) is 3.36. The second kappa shape index (κ2) is 10.5. The molecule has 1 aromatic carbocycles. The Morgan fingerprint density at radius 3 is 2.38 bits per heavy atom. The fraction of sp³-hybridized carbons (Fsp3) is 0.150. The Morgan fingerprint density at radius 2 is 1.81 bits per heavy atom. The van der Waals surface area contributed by atoms with Crippen LogP contribution < -0.4 is 10.9 Å². The number of carboxylic acids is 1. The maximum absolute atomic E-state index is 12.4. The summed E-state index contributed by atoms with van der Waals surface area (Å²) in [6, 6.07) is 10.4. The number of H-pyrrole nitrogens is 1. The monoisotopic (exact) mass is 468 g/mol. The summed E-state index contributed by atoms with van der Waals surface area (Å²) in [5, 5.41) is 16.9. The number of pyridine rings is 1. The molecule has 0 unspecified atom stereocenters. The van der Waals surface area contributed by atoms with Crippen LogP contribution in [0.1, 0.15) is 21.5 Å². The van der Waals surface area contributed by atoms with Crippen LogP contribution >= 0.6 is 11.6 Å². The van der Waals surface area contributed by atoms with Gasteiger partial charge in [0.05, 0.1) is 5.69 Å². The van der Waals surface area contributed by atoms with Gasteiger partial charge in [-0.1, -0.05) is 23.7 Å². The number of carbonyl (C=O) groups excluding carboxylic acids is 1. The molecule has 0 spiro atoms. The molecular weight excluding hydrogens is 453 g/mol. The number of hydrogen-bond donors (Lipinski definition) is 3. The third-order valence-corrected chi connectivity index (χ3v) is 4.21. The summed E-state index contributed by atoms with van der Waals surface area (Å²) in [4.78, 5) is 37.3. The van der Waals surface area contributed by atoms with Crippen molar-refractivity contribution < 1.29 is 27.9 Å². The van der Waals surface area contributed by atoms with Gasteiger partial charge in [-0.2, -0.15) is 18.3 Å². The van der Waals surface area contributed by atoms with Crippen molar-refractivity contribution in [3.63, 3.8) is 0 Å². The SMILES string of the molecule is Cc1cnccc1-c1cc(C(=O)NCc2ccc(Cl)cc2)c(=O)[nH]n1.O=C(O)C(F)(F)F. The normalized spacial score (nSPS) is 10.7. The van der Waals surface area contributed by atoms with E-state index in [0.29, 0.717) is 17.3 Å². The molecule has 0 saturated carbocycles. The van der Waals surface area contributed by atoms with Gasteiger partial charge in [-0.05, 0) is 42.3 Å². The van der Waals surface area contributed by atoms with Crippen molar-refractivity contribution in [3.05, 3.63) is 80.9 Å². The van der Waals surface area contributed by atoms with Gasteiger partial charge in [-0.25, -0.2) is 9.89 Å². The Kier molecular flexibility index (Phi) is 8.08. The fourth-order valence-corrected chi connectivity index (χ4v) is 2.48.